The number of nitrogens with zero attached hydrogens (tertiary/aromatic N) is 1. The molecule has 0 aromatic heterocycles. The van der Waals surface area contributed by atoms with Gasteiger partial charge in [-0.3, -0.25) is 0 Å². The third kappa shape index (κ3) is 5.84. The van der Waals surface area contributed by atoms with E-state index in [9.17, 15) is 8.42 Å². The maximum absolute atomic E-state index is 11.4. The highest BCUT2D eigenvalue weighted by Crippen LogP contribution is 2.15. The minimum atomic E-state index is -2.78. The lowest BCUT2D eigenvalue weighted by Crippen LogP contribution is -2.39. The number of likely N-dealkylation sites (tertiary alicyclic amines) is 1. The van der Waals surface area contributed by atoms with E-state index in [1.54, 1.807) is 6.92 Å². The van der Waals surface area contributed by atoms with E-state index in [-0.39, 0.29) is 5.75 Å². The molecule has 102 valence electrons. The number of hydrogen-bond acceptors (Lipinski definition) is 4. The zero-order valence-electron chi connectivity index (χ0n) is 11.1. The molecule has 4 nitrogen and oxygen atoms in total. The molecule has 1 atom stereocenters. The largest absolute Gasteiger partial charge is 0.319 e. The minimum absolute atomic E-state index is 0.273. The second-order valence-electron chi connectivity index (χ2n) is 4.96. The summed E-state index contributed by atoms with van der Waals surface area (Å²) in [6, 6.07) is 0. The Hall–Kier alpha value is -0.130. The van der Waals surface area contributed by atoms with Crippen molar-refractivity contribution < 1.29 is 8.42 Å². The van der Waals surface area contributed by atoms with Crippen molar-refractivity contribution in [3.05, 3.63) is 0 Å². The molecule has 1 aliphatic heterocycles. The Kier molecular flexibility index (Phi) is 6.44. The first kappa shape index (κ1) is 14.9. The van der Waals surface area contributed by atoms with Crippen molar-refractivity contribution in [3.8, 4) is 0 Å². The molecule has 0 spiro atoms. The van der Waals surface area contributed by atoms with E-state index < -0.39 is 9.84 Å². The molecule has 1 rings (SSSR count). The van der Waals surface area contributed by atoms with Crippen LogP contribution in [0.3, 0.4) is 0 Å². The zero-order valence-corrected chi connectivity index (χ0v) is 11.9. The normalized spacial score (nSPS) is 22.8. The van der Waals surface area contributed by atoms with Crippen molar-refractivity contribution >= 4 is 9.84 Å². The fourth-order valence-corrected chi connectivity index (χ4v) is 3.32. The predicted octanol–water partition coefficient (Wildman–Crippen LogP) is 0.743. The van der Waals surface area contributed by atoms with Gasteiger partial charge in [0.15, 0.2) is 0 Å². The first-order chi connectivity index (χ1) is 8.07. The van der Waals surface area contributed by atoms with Gasteiger partial charge in [0.1, 0.15) is 9.84 Å². The smallest absolute Gasteiger partial charge is 0.150 e. The van der Waals surface area contributed by atoms with Crippen molar-refractivity contribution in [1.29, 1.82) is 0 Å². The molecule has 0 amide bonds. The molecular formula is C12H26N2O2S. The van der Waals surface area contributed by atoms with E-state index in [0.29, 0.717) is 5.75 Å². The molecule has 1 saturated heterocycles. The Morgan fingerprint density at radius 1 is 1.41 bits per heavy atom. The zero-order chi connectivity index (χ0) is 12.7. The van der Waals surface area contributed by atoms with Gasteiger partial charge in [-0.1, -0.05) is 6.92 Å². The van der Waals surface area contributed by atoms with Gasteiger partial charge in [0, 0.05) is 12.3 Å². The quantitative estimate of drug-likeness (QED) is 0.735. The Labute approximate surface area is 106 Å². The van der Waals surface area contributed by atoms with Gasteiger partial charge in [-0.15, -0.1) is 0 Å². The molecule has 0 aromatic rings. The minimum Gasteiger partial charge on any atom is -0.319 e. The van der Waals surface area contributed by atoms with E-state index in [1.807, 2.05) is 7.05 Å². The third-order valence-electron chi connectivity index (χ3n) is 3.47. The van der Waals surface area contributed by atoms with Crippen LogP contribution in [-0.4, -0.2) is 58.1 Å². The van der Waals surface area contributed by atoms with Crippen LogP contribution in [0.25, 0.3) is 0 Å². The van der Waals surface area contributed by atoms with E-state index in [4.69, 9.17) is 0 Å². The number of piperidine rings is 1. The molecule has 17 heavy (non-hydrogen) atoms. The molecule has 1 fully saturated rings. The van der Waals surface area contributed by atoms with Crippen LogP contribution < -0.4 is 5.32 Å². The van der Waals surface area contributed by atoms with Crippen molar-refractivity contribution in [3.63, 3.8) is 0 Å². The fourth-order valence-electron chi connectivity index (χ4n) is 2.46. The number of nitrogens with one attached hydrogen (secondary N) is 1. The average Bonchev–Trinajstić information content (AvgIpc) is 2.30. The molecule has 0 bridgehead atoms. The van der Waals surface area contributed by atoms with E-state index in [2.05, 4.69) is 10.2 Å². The highest BCUT2D eigenvalue weighted by Gasteiger charge is 2.19. The highest BCUT2D eigenvalue weighted by atomic mass is 32.2. The van der Waals surface area contributed by atoms with Crippen LogP contribution in [-0.2, 0) is 9.84 Å². The summed E-state index contributed by atoms with van der Waals surface area (Å²) in [6.45, 7) is 5.97. The van der Waals surface area contributed by atoms with Crippen LogP contribution in [0.4, 0.5) is 0 Å². The molecule has 1 N–H and O–H groups in total. The van der Waals surface area contributed by atoms with Gasteiger partial charge in [-0.05, 0) is 51.9 Å². The molecular weight excluding hydrogens is 236 g/mol. The first-order valence-corrected chi connectivity index (χ1v) is 8.47. The summed E-state index contributed by atoms with van der Waals surface area (Å²) in [7, 11) is -0.790. The van der Waals surface area contributed by atoms with Crippen LogP contribution in [0.15, 0.2) is 0 Å². The molecule has 0 aromatic carbocycles. The van der Waals surface area contributed by atoms with Gasteiger partial charge < -0.3 is 10.2 Å². The van der Waals surface area contributed by atoms with Gasteiger partial charge >= 0.3 is 0 Å². The van der Waals surface area contributed by atoms with Gasteiger partial charge in [-0.2, -0.15) is 0 Å². The summed E-state index contributed by atoms with van der Waals surface area (Å²) >= 11 is 0. The van der Waals surface area contributed by atoms with E-state index in [1.165, 1.54) is 12.8 Å². The van der Waals surface area contributed by atoms with Crippen LogP contribution in [0, 0.1) is 5.92 Å². The number of hydrogen-bond donors (Lipinski definition) is 1. The Balaban J connectivity index is 2.23. The van der Waals surface area contributed by atoms with E-state index in [0.717, 1.165) is 38.5 Å². The van der Waals surface area contributed by atoms with Crippen molar-refractivity contribution in [1.82, 2.24) is 10.2 Å². The summed E-state index contributed by atoms with van der Waals surface area (Å²) in [6.07, 6.45) is 3.32. The maximum Gasteiger partial charge on any atom is 0.150 e. The summed E-state index contributed by atoms with van der Waals surface area (Å²) < 4.78 is 22.8. The monoisotopic (exact) mass is 262 g/mol. The second kappa shape index (κ2) is 7.34. The molecule has 1 heterocycles. The summed E-state index contributed by atoms with van der Waals surface area (Å²) in [5.41, 5.74) is 0. The van der Waals surface area contributed by atoms with Crippen LogP contribution in [0.5, 0.6) is 0 Å². The summed E-state index contributed by atoms with van der Waals surface area (Å²) in [4.78, 5) is 2.41. The molecule has 1 unspecified atom stereocenters. The van der Waals surface area contributed by atoms with Crippen molar-refractivity contribution in [2.75, 3.05) is 44.7 Å². The highest BCUT2D eigenvalue weighted by molar-refractivity contribution is 7.91. The van der Waals surface area contributed by atoms with Gasteiger partial charge in [0.25, 0.3) is 0 Å². The maximum atomic E-state index is 11.4. The van der Waals surface area contributed by atoms with E-state index >= 15 is 0 Å². The van der Waals surface area contributed by atoms with Gasteiger partial charge in [0.05, 0.1) is 5.75 Å². The molecule has 0 aliphatic carbocycles. The van der Waals surface area contributed by atoms with Gasteiger partial charge in [0.2, 0.25) is 0 Å². The summed E-state index contributed by atoms with van der Waals surface area (Å²) in [5.74, 6) is 1.35. The standard InChI is InChI=1S/C12H26N2O2S/c1-3-17(15,16)9-5-8-14-7-4-6-12(11-14)10-13-2/h12-13H,3-11H2,1-2H3. The third-order valence-corrected chi connectivity index (χ3v) is 5.26. The van der Waals surface area contributed by atoms with Crippen LogP contribution in [0.2, 0.25) is 0 Å². The van der Waals surface area contributed by atoms with Crippen LogP contribution >= 0.6 is 0 Å². The fraction of sp³-hybridized carbons (Fsp3) is 1.00. The Morgan fingerprint density at radius 2 is 2.18 bits per heavy atom. The summed E-state index contributed by atoms with van der Waals surface area (Å²) in [5, 5.41) is 3.22. The molecule has 5 heteroatoms. The van der Waals surface area contributed by atoms with Crippen LogP contribution in [0.1, 0.15) is 26.2 Å². The second-order valence-corrected chi connectivity index (χ2v) is 7.43. The number of sulfone groups is 1. The lowest BCUT2D eigenvalue weighted by molar-refractivity contribution is 0.174. The lowest BCUT2D eigenvalue weighted by atomic mass is 9.98. The Morgan fingerprint density at radius 3 is 2.82 bits per heavy atom. The molecule has 0 radical (unpaired) electrons. The molecule has 1 aliphatic rings. The van der Waals surface area contributed by atoms with Gasteiger partial charge in [-0.25, -0.2) is 8.42 Å². The number of rotatable bonds is 7. The van der Waals surface area contributed by atoms with Crippen molar-refractivity contribution in [2.24, 2.45) is 5.92 Å². The SMILES string of the molecule is CCS(=O)(=O)CCCN1CCCC(CNC)C1. The predicted molar refractivity (Wildman–Crippen MR) is 72.0 cm³/mol. The lowest BCUT2D eigenvalue weighted by Gasteiger charge is -2.32. The molecule has 0 saturated carbocycles. The first-order valence-electron chi connectivity index (χ1n) is 6.64. The van der Waals surface area contributed by atoms with Crippen molar-refractivity contribution in [2.45, 2.75) is 26.2 Å². The topological polar surface area (TPSA) is 49.4 Å². The Bertz CT molecular complexity index is 302. The average molecular weight is 262 g/mol.